The van der Waals surface area contributed by atoms with E-state index < -0.39 is 17.7 Å². The van der Waals surface area contributed by atoms with Crippen LogP contribution in [0.25, 0.3) is 0 Å². The van der Waals surface area contributed by atoms with E-state index in [4.69, 9.17) is 9.84 Å². The number of carbonyl (C=O) groups excluding carboxylic acids is 1. The molecule has 0 aliphatic rings. The Bertz CT molecular complexity index is 350. The first kappa shape index (κ1) is 16.5. The van der Waals surface area contributed by atoms with Gasteiger partial charge in [-0.2, -0.15) is 0 Å². The maximum absolute atomic E-state index is 11.5. The number of rotatable bonds is 4. The molecular formula is C13H23NO4. The van der Waals surface area contributed by atoms with Crippen LogP contribution in [0.5, 0.6) is 0 Å². The van der Waals surface area contributed by atoms with Gasteiger partial charge in [-0.15, -0.1) is 0 Å². The first-order valence-corrected chi connectivity index (χ1v) is 5.96. The van der Waals surface area contributed by atoms with E-state index in [0.29, 0.717) is 17.9 Å². The maximum Gasteiger partial charge on any atom is 0.412 e. The highest BCUT2D eigenvalue weighted by atomic mass is 16.6. The lowest BCUT2D eigenvalue weighted by molar-refractivity contribution is -0.133. The Balaban J connectivity index is 4.85. The predicted octanol–water partition coefficient (Wildman–Crippen LogP) is 2.92. The molecule has 0 fully saturated rings. The second-order valence-electron chi connectivity index (χ2n) is 5.69. The molecule has 0 aromatic rings. The Kier molecular flexibility index (Phi) is 5.88. The monoisotopic (exact) mass is 257 g/mol. The Labute approximate surface area is 108 Å². The molecule has 0 rings (SSSR count). The van der Waals surface area contributed by atoms with Crippen LogP contribution in [0.15, 0.2) is 11.3 Å². The summed E-state index contributed by atoms with van der Waals surface area (Å²) in [4.78, 5) is 22.6. The second kappa shape index (κ2) is 6.42. The number of ether oxygens (including phenoxy) is 1. The summed E-state index contributed by atoms with van der Waals surface area (Å²) in [5.74, 6) is -0.834. The van der Waals surface area contributed by atoms with Crippen molar-refractivity contribution in [1.29, 1.82) is 0 Å². The minimum absolute atomic E-state index is 0.0991. The van der Waals surface area contributed by atoms with Gasteiger partial charge in [0.2, 0.25) is 0 Å². The quantitative estimate of drug-likeness (QED) is 0.759. The Morgan fingerprint density at radius 2 is 1.78 bits per heavy atom. The van der Waals surface area contributed by atoms with Gasteiger partial charge in [0.15, 0.2) is 0 Å². The van der Waals surface area contributed by atoms with E-state index in [0.717, 1.165) is 0 Å². The Morgan fingerprint density at radius 1 is 1.28 bits per heavy atom. The third kappa shape index (κ3) is 6.93. The number of amides is 1. The van der Waals surface area contributed by atoms with Crippen LogP contribution in [-0.2, 0) is 9.53 Å². The molecule has 0 aliphatic carbocycles. The summed E-state index contributed by atoms with van der Waals surface area (Å²) in [7, 11) is 0. The van der Waals surface area contributed by atoms with Gasteiger partial charge in [-0.05, 0) is 45.6 Å². The van der Waals surface area contributed by atoms with Crippen molar-refractivity contribution < 1.29 is 19.4 Å². The van der Waals surface area contributed by atoms with Gasteiger partial charge in [-0.25, -0.2) is 9.59 Å². The largest absolute Gasteiger partial charge is 0.477 e. The summed E-state index contributed by atoms with van der Waals surface area (Å²) in [5, 5.41) is 11.4. The van der Waals surface area contributed by atoms with Crippen LogP contribution in [0.3, 0.4) is 0 Å². The molecule has 2 N–H and O–H groups in total. The van der Waals surface area contributed by atoms with Crippen molar-refractivity contribution in [2.75, 3.05) is 0 Å². The first-order chi connectivity index (χ1) is 8.03. The standard InChI is InChI=1S/C13H23NO4/c1-8(2)7-9(3)10(11(15)16)14-12(17)18-13(4,5)6/h8H,7H2,1-6H3,(H,14,17)(H,15,16). The molecule has 0 bridgehead atoms. The van der Waals surface area contributed by atoms with E-state index >= 15 is 0 Å². The number of nitrogens with one attached hydrogen (secondary N) is 1. The third-order valence-corrected chi connectivity index (χ3v) is 1.98. The number of allylic oxidation sites excluding steroid dienone is 1. The SMILES string of the molecule is CC(CC(C)C)=C(NC(=O)OC(C)(C)C)C(=O)O. The van der Waals surface area contributed by atoms with Crippen LogP contribution in [0.1, 0.15) is 48.0 Å². The average Bonchev–Trinajstić information content (AvgIpc) is 2.09. The fraction of sp³-hybridized carbons (Fsp3) is 0.692. The lowest BCUT2D eigenvalue weighted by atomic mass is 10.0. The highest BCUT2D eigenvalue weighted by Crippen LogP contribution is 2.14. The van der Waals surface area contributed by atoms with Crippen molar-refractivity contribution in [2.24, 2.45) is 5.92 Å². The number of carboxylic acids is 1. The minimum Gasteiger partial charge on any atom is -0.477 e. The zero-order valence-electron chi connectivity index (χ0n) is 12.0. The van der Waals surface area contributed by atoms with E-state index in [2.05, 4.69) is 5.32 Å². The van der Waals surface area contributed by atoms with Crippen molar-refractivity contribution in [3.8, 4) is 0 Å². The number of carbonyl (C=O) groups is 2. The fourth-order valence-electron chi connectivity index (χ4n) is 1.46. The predicted molar refractivity (Wildman–Crippen MR) is 69.2 cm³/mol. The molecule has 0 aliphatic heterocycles. The van der Waals surface area contributed by atoms with Gasteiger partial charge >= 0.3 is 12.1 Å². The van der Waals surface area contributed by atoms with E-state index in [1.807, 2.05) is 13.8 Å². The minimum atomic E-state index is -1.15. The summed E-state index contributed by atoms with van der Waals surface area (Å²) in [6.07, 6.45) is -0.139. The maximum atomic E-state index is 11.5. The Hall–Kier alpha value is -1.52. The molecule has 0 atom stereocenters. The van der Waals surface area contributed by atoms with Gasteiger partial charge in [0.1, 0.15) is 11.3 Å². The number of aliphatic carboxylic acids is 1. The molecule has 0 aromatic carbocycles. The van der Waals surface area contributed by atoms with Crippen molar-refractivity contribution in [3.05, 3.63) is 11.3 Å². The zero-order valence-corrected chi connectivity index (χ0v) is 12.0. The summed E-state index contributed by atoms with van der Waals surface area (Å²) in [6, 6.07) is 0. The molecule has 0 spiro atoms. The van der Waals surface area contributed by atoms with Crippen LogP contribution in [-0.4, -0.2) is 22.8 Å². The van der Waals surface area contributed by atoms with Crippen molar-refractivity contribution in [2.45, 2.75) is 53.6 Å². The summed E-state index contributed by atoms with van der Waals surface area (Å²) < 4.78 is 5.03. The van der Waals surface area contributed by atoms with E-state index in [1.165, 1.54) is 0 Å². The smallest absolute Gasteiger partial charge is 0.412 e. The molecule has 5 nitrogen and oxygen atoms in total. The second-order valence-corrected chi connectivity index (χ2v) is 5.69. The van der Waals surface area contributed by atoms with Crippen LogP contribution in [0.2, 0.25) is 0 Å². The van der Waals surface area contributed by atoms with Gasteiger partial charge < -0.3 is 9.84 Å². The molecule has 0 radical (unpaired) electrons. The summed E-state index contributed by atoms with van der Waals surface area (Å²) in [5.41, 5.74) is -0.124. The highest BCUT2D eigenvalue weighted by Gasteiger charge is 2.20. The van der Waals surface area contributed by atoms with Crippen LogP contribution < -0.4 is 5.32 Å². The highest BCUT2D eigenvalue weighted by molar-refractivity contribution is 5.91. The van der Waals surface area contributed by atoms with Crippen LogP contribution >= 0.6 is 0 Å². The van der Waals surface area contributed by atoms with Crippen molar-refractivity contribution in [1.82, 2.24) is 5.32 Å². The molecule has 18 heavy (non-hydrogen) atoms. The lowest BCUT2D eigenvalue weighted by Crippen LogP contribution is -2.34. The Morgan fingerprint density at radius 3 is 2.11 bits per heavy atom. The molecule has 1 amide bonds. The van der Waals surface area contributed by atoms with Gasteiger partial charge in [0.05, 0.1) is 0 Å². The molecule has 0 heterocycles. The topological polar surface area (TPSA) is 75.6 Å². The molecule has 104 valence electrons. The van der Waals surface area contributed by atoms with Gasteiger partial charge in [-0.1, -0.05) is 13.8 Å². The van der Waals surface area contributed by atoms with Gasteiger partial charge in [-0.3, -0.25) is 5.32 Å². The van der Waals surface area contributed by atoms with E-state index in [-0.39, 0.29) is 5.70 Å². The number of alkyl carbamates (subject to hydrolysis) is 1. The molecule has 0 unspecified atom stereocenters. The summed E-state index contributed by atoms with van der Waals surface area (Å²) >= 11 is 0. The molecular weight excluding hydrogens is 234 g/mol. The molecule has 0 aromatic heterocycles. The summed E-state index contributed by atoms with van der Waals surface area (Å²) in [6.45, 7) is 10.8. The normalized spacial score (nSPS) is 13.1. The lowest BCUT2D eigenvalue weighted by Gasteiger charge is -2.20. The zero-order chi connectivity index (χ0) is 14.5. The van der Waals surface area contributed by atoms with E-state index in [1.54, 1.807) is 27.7 Å². The van der Waals surface area contributed by atoms with Crippen LogP contribution in [0, 0.1) is 5.92 Å². The number of hydrogen-bond donors (Lipinski definition) is 2. The molecule has 5 heteroatoms. The molecule has 0 saturated carbocycles. The first-order valence-electron chi connectivity index (χ1n) is 5.96. The number of carboxylic acid groups (broad SMARTS) is 1. The van der Waals surface area contributed by atoms with E-state index in [9.17, 15) is 9.59 Å². The van der Waals surface area contributed by atoms with Gasteiger partial charge in [0.25, 0.3) is 0 Å². The molecule has 0 saturated heterocycles. The number of hydrogen-bond acceptors (Lipinski definition) is 3. The average molecular weight is 257 g/mol. The van der Waals surface area contributed by atoms with Crippen LogP contribution in [0.4, 0.5) is 4.79 Å². The fourth-order valence-corrected chi connectivity index (χ4v) is 1.46. The third-order valence-electron chi connectivity index (χ3n) is 1.98. The van der Waals surface area contributed by atoms with Crippen molar-refractivity contribution >= 4 is 12.1 Å². The van der Waals surface area contributed by atoms with Crippen molar-refractivity contribution in [3.63, 3.8) is 0 Å². The van der Waals surface area contributed by atoms with Gasteiger partial charge in [0, 0.05) is 0 Å².